The summed E-state index contributed by atoms with van der Waals surface area (Å²) >= 11 is 6.51. The highest BCUT2D eigenvalue weighted by atomic mass is 35.5. The van der Waals surface area contributed by atoms with Gasteiger partial charge in [-0.1, -0.05) is 36.4 Å². The van der Waals surface area contributed by atoms with E-state index in [2.05, 4.69) is 6.58 Å². The lowest BCUT2D eigenvalue weighted by atomic mass is 9.65. The first-order valence-corrected chi connectivity index (χ1v) is 11.8. The van der Waals surface area contributed by atoms with Crippen molar-refractivity contribution in [2.24, 2.45) is 11.3 Å². The summed E-state index contributed by atoms with van der Waals surface area (Å²) in [5, 5.41) is 0.679. The van der Waals surface area contributed by atoms with Gasteiger partial charge in [0.2, 0.25) is 11.8 Å². The SMILES string of the molecule is C=CC(=O)N1CC2(CCN(C(=O)[C@H]3COC(C)(C)C[C@@H]3c3ccccc3Cl)CC2)[C@@H]1CF. The molecule has 5 nitrogen and oxygen atoms in total. The normalized spacial score (nSPS) is 28.8. The molecule has 3 heterocycles. The zero-order valence-electron chi connectivity index (χ0n) is 18.9. The van der Waals surface area contributed by atoms with Crippen molar-refractivity contribution in [3.05, 3.63) is 47.5 Å². The summed E-state index contributed by atoms with van der Waals surface area (Å²) < 4.78 is 19.8. The van der Waals surface area contributed by atoms with Crippen molar-refractivity contribution in [2.75, 3.05) is 32.9 Å². The quantitative estimate of drug-likeness (QED) is 0.630. The maximum atomic E-state index is 13.8. The van der Waals surface area contributed by atoms with E-state index in [0.717, 1.165) is 5.56 Å². The van der Waals surface area contributed by atoms with Crippen LogP contribution in [0, 0.1) is 11.3 Å². The molecule has 3 fully saturated rings. The first-order chi connectivity index (χ1) is 15.2. The van der Waals surface area contributed by atoms with Crippen molar-refractivity contribution in [1.82, 2.24) is 9.80 Å². The van der Waals surface area contributed by atoms with Gasteiger partial charge in [-0.2, -0.15) is 0 Å². The fourth-order valence-electron chi connectivity index (χ4n) is 5.78. The summed E-state index contributed by atoms with van der Waals surface area (Å²) in [6.45, 7) is 9.09. The number of halogens is 2. The van der Waals surface area contributed by atoms with Crippen LogP contribution in [0.25, 0.3) is 0 Å². The van der Waals surface area contributed by atoms with Crippen LogP contribution in [0.1, 0.15) is 44.6 Å². The lowest BCUT2D eigenvalue weighted by Gasteiger charge is -2.59. The van der Waals surface area contributed by atoms with Crippen LogP contribution >= 0.6 is 11.6 Å². The highest BCUT2D eigenvalue weighted by Crippen LogP contribution is 2.48. The molecule has 3 atom stereocenters. The Bertz CT molecular complexity index is 897. The van der Waals surface area contributed by atoms with Gasteiger partial charge in [-0.25, -0.2) is 4.39 Å². The fourth-order valence-corrected chi connectivity index (χ4v) is 6.05. The number of hydrogen-bond acceptors (Lipinski definition) is 3. The minimum absolute atomic E-state index is 0.0150. The smallest absolute Gasteiger partial charge is 0.246 e. The summed E-state index contributed by atoms with van der Waals surface area (Å²) in [5.41, 5.74) is 0.429. The molecule has 0 N–H and O–H groups in total. The summed E-state index contributed by atoms with van der Waals surface area (Å²) in [6, 6.07) is 7.32. The number of likely N-dealkylation sites (tertiary alicyclic amines) is 2. The minimum atomic E-state index is -0.562. The van der Waals surface area contributed by atoms with Gasteiger partial charge < -0.3 is 14.5 Å². The summed E-state index contributed by atoms with van der Waals surface area (Å²) in [5.74, 6) is -0.454. The number of hydrogen-bond donors (Lipinski definition) is 0. The molecule has 2 amide bonds. The van der Waals surface area contributed by atoms with Gasteiger partial charge in [0.1, 0.15) is 6.67 Å². The molecule has 7 heteroatoms. The Morgan fingerprint density at radius 1 is 1.28 bits per heavy atom. The van der Waals surface area contributed by atoms with Gasteiger partial charge >= 0.3 is 0 Å². The van der Waals surface area contributed by atoms with E-state index < -0.39 is 12.7 Å². The van der Waals surface area contributed by atoms with Crippen LogP contribution in [-0.4, -0.2) is 66.2 Å². The van der Waals surface area contributed by atoms with Crippen LogP contribution in [0.4, 0.5) is 4.39 Å². The Labute approximate surface area is 194 Å². The molecule has 3 aliphatic heterocycles. The van der Waals surface area contributed by atoms with Crippen molar-refractivity contribution in [3.8, 4) is 0 Å². The molecule has 1 spiro atoms. The molecule has 4 rings (SSSR count). The third kappa shape index (κ3) is 4.08. The van der Waals surface area contributed by atoms with E-state index in [1.807, 2.05) is 43.0 Å². The lowest BCUT2D eigenvalue weighted by Crippen LogP contribution is -2.69. The molecule has 1 aromatic rings. The fraction of sp³-hybridized carbons (Fsp3) is 0.600. The molecular formula is C25H32ClFN2O3. The van der Waals surface area contributed by atoms with E-state index in [1.54, 1.807) is 4.90 Å². The zero-order valence-corrected chi connectivity index (χ0v) is 19.6. The standard InChI is InChI=1S/C25H32ClFN2O3/c1-4-22(30)29-16-25(21(29)14-27)9-11-28(12-10-25)23(31)19-15-32-24(2,3)13-18(19)17-7-5-6-8-20(17)26/h4-8,18-19,21H,1,9-16H2,2-3H3/t18-,19+,21+/m1/s1. The van der Waals surface area contributed by atoms with Gasteiger partial charge in [0.05, 0.1) is 24.2 Å². The summed E-state index contributed by atoms with van der Waals surface area (Å²) in [7, 11) is 0. The molecule has 0 bridgehead atoms. The Morgan fingerprint density at radius 3 is 2.59 bits per heavy atom. The van der Waals surface area contributed by atoms with Crippen molar-refractivity contribution >= 4 is 23.4 Å². The van der Waals surface area contributed by atoms with E-state index >= 15 is 0 Å². The van der Waals surface area contributed by atoms with Crippen LogP contribution in [-0.2, 0) is 14.3 Å². The van der Waals surface area contributed by atoms with Gasteiger partial charge in [0.25, 0.3) is 0 Å². The zero-order chi connectivity index (χ0) is 23.1. The van der Waals surface area contributed by atoms with Crippen molar-refractivity contribution in [1.29, 1.82) is 0 Å². The molecule has 174 valence electrons. The number of amides is 2. The summed E-state index contributed by atoms with van der Waals surface area (Å²) in [6.07, 6.45) is 3.36. The van der Waals surface area contributed by atoms with Crippen LogP contribution in [0.2, 0.25) is 5.02 Å². The monoisotopic (exact) mass is 462 g/mol. The number of carbonyl (C=O) groups excluding carboxylic acids is 2. The second kappa shape index (κ2) is 8.79. The van der Waals surface area contributed by atoms with Crippen LogP contribution in [0.5, 0.6) is 0 Å². The van der Waals surface area contributed by atoms with Crippen LogP contribution < -0.4 is 0 Å². The van der Waals surface area contributed by atoms with Gasteiger partial charge in [0.15, 0.2) is 0 Å². The number of benzene rings is 1. The minimum Gasteiger partial charge on any atom is -0.375 e. The van der Waals surface area contributed by atoms with E-state index in [4.69, 9.17) is 16.3 Å². The number of carbonyl (C=O) groups is 2. The first kappa shape index (κ1) is 23.2. The highest BCUT2D eigenvalue weighted by Gasteiger charge is 2.55. The maximum Gasteiger partial charge on any atom is 0.246 e. The van der Waals surface area contributed by atoms with Crippen LogP contribution in [0.3, 0.4) is 0 Å². The third-order valence-electron chi connectivity index (χ3n) is 7.72. The molecule has 1 aromatic carbocycles. The molecule has 3 saturated heterocycles. The molecule has 32 heavy (non-hydrogen) atoms. The molecule has 0 unspecified atom stereocenters. The van der Waals surface area contributed by atoms with E-state index in [1.165, 1.54) is 6.08 Å². The Hall–Kier alpha value is -1.92. The lowest BCUT2D eigenvalue weighted by molar-refractivity contribution is -0.166. The van der Waals surface area contributed by atoms with E-state index in [9.17, 15) is 14.0 Å². The van der Waals surface area contributed by atoms with Gasteiger partial charge in [-0.15, -0.1) is 0 Å². The highest BCUT2D eigenvalue weighted by molar-refractivity contribution is 6.31. The molecule has 0 radical (unpaired) electrons. The Balaban J connectivity index is 1.47. The van der Waals surface area contributed by atoms with Crippen molar-refractivity contribution in [2.45, 2.75) is 50.7 Å². The van der Waals surface area contributed by atoms with Crippen LogP contribution in [0.15, 0.2) is 36.9 Å². The number of rotatable bonds is 4. The second-order valence-electron chi connectivity index (χ2n) is 10.0. The predicted molar refractivity (Wildman–Crippen MR) is 122 cm³/mol. The van der Waals surface area contributed by atoms with Crippen molar-refractivity contribution in [3.63, 3.8) is 0 Å². The maximum absolute atomic E-state index is 13.8. The number of alkyl halides is 1. The first-order valence-electron chi connectivity index (χ1n) is 11.4. The Kier molecular flexibility index (Phi) is 6.38. The molecule has 0 saturated carbocycles. The van der Waals surface area contributed by atoms with Gasteiger partial charge in [-0.3, -0.25) is 9.59 Å². The van der Waals surface area contributed by atoms with Crippen molar-refractivity contribution < 1.29 is 18.7 Å². The number of ether oxygens (including phenoxy) is 1. The molecule has 3 aliphatic rings. The largest absolute Gasteiger partial charge is 0.375 e. The summed E-state index contributed by atoms with van der Waals surface area (Å²) in [4.78, 5) is 29.0. The van der Waals surface area contributed by atoms with E-state index in [0.29, 0.717) is 50.5 Å². The van der Waals surface area contributed by atoms with Gasteiger partial charge in [0, 0.05) is 36.0 Å². The number of nitrogens with zero attached hydrogens (tertiary/aromatic N) is 2. The second-order valence-corrected chi connectivity index (χ2v) is 10.4. The predicted octanol–water partition coefficient (Wildman–Crippen LogP) is 4.21. The molecular weight excluding hydrogens is 431 g/mol. The number of piperidine rings is 1. The van der Waals surface area contributed by atoms with Gasteiger partial charge in [-0.05, 0) is 50.8 Å². The molecule has 0 aliphatic carbocycles. The average molecular weight is 463 g/mol. The molecule has 0 aromatic heterocycles. The average Bonchev–Trinajstić information content (AvgIpc) is 2.77. The Morgan fingerprint density at radius 2 is 1.97 bits per heavy atom. The van der Waals surface area contributed by atoms with E-state index in [-0.39, 0.29) is 34.7 Å². The topological polar surface area (TPSA) is 49.9 Å². The third-order valence-corrected chi connectivity index (χ3v) is 8.06.